The molecule has 2 unspecified atom stereocenters. The summed E-state index contributed by atoms with van der Waals surface area (Å²) in [6, 6.07) is 8.97. The van der Waals surface area contributed by atoms with Crippen molar-refractivity contribution >= 4 is 36.7 Å². The van der Waals surface area contributed by atoms with Gasteiger partial charge in [0.1, 0.15) is 6.04 Å². The Kier molecular flexibility index (Phi) is 8.78. The molecule has 0 spiro atoms. The number of hydrogen-bond acceptors (Lipinski definition) is 5. The van der Waals surface area contributed by atoms with Crippen LogP contribution in [0.25, 0.3) is 0 Å². The van der Waals surface area contributed by atoms with Crippen LogP contribution < -0.4 is 16.0 Å². The number of nitrogens with zero attached hydrogens (tertiary/aromatic N) is 3. The zero-order chi connectivity index (χ0) is 16.9. The lowest BCUT2D eigenvalue weighted by Crippen LogP contribution is -2.50. The van der Waals surface area contributed by atoms with Gasteiger partial charge in [-0.1, -0.05) is 29.8 Å². The Morgan fingerprint density at radius 2 is 1.88 bits per heavy atom. The lowest BCUT2D eigenvalue weighted by molar-refractivity contribution is -0.123. The van der Waals surface area contributed by atoms with Gasteiger partial charge in [-0.15, -0.1) is 24.8 Å². The van der Waals surface area contributed by atoms with E-state index in [2.05, 4.69) is 20.2 Å². The Labute approximate surface area is 166 Å². The van der Waals surface area contributed by atoms with Gasteiger partial charge in [-0.2, -0.15) is 0 Å². The number of aromatic nitrogens is 2. The second-order valence-electron chi connectivity index (χ2n) is 6.23. The highest BCUT2D eigenvalue weighted by Gasteiger charge is 2.25. The van der Waals surface area contributed by atoms with Crippen molar-refractivity contribution < 1.29 is 4.79 Å². The molecule has 0 aliphatic carbocycles. The Hall–Kier alpha value is -1.89. The Morgan fingerprint density at radius 1 is 1.23 bits per heavy atom. The molecule has 2 aromatic rings. The summed E-state index contributed by atoms with van der Waals surface area (Å²) in [4.78, 5) is 23.1. The van der Waals surface area contributed by atoms with E-state index in [0.29, 0.717) is 12.5 Å². The minimum Gasteiger partial charge on any atom is -0.350 e. The zero-order valence-electron chi connectivity index (χ0n) is 14.7. The molecule has 6 nitrogen and oxygen atoms in total. The highest BCUT2D eigenvalue weighted by molar-refractivity contribution is 5.85. The van der Waals surface area contributed by atoms with Crippen molar-refractivity contribution in [3.8, 4) is 0 Å². The number of anilines is 1. The van der Waals surface area contributed by atoms with Gasteiger partial charge in [0.25, 0.3) is 0 Å². The molecule has 1 amide bonds. The first-order valence-corrected chi connectivity index (χ1v) is 8.28. The first-order chi connectivity index (χ1) is 11.6. The van der Waals surface area contributed by atoms with Crippen LogP contribution in [0.1, 0.15) is 30.0 Å². The molecule has 2 atom stereocenters. The van der Waals surface area contributed by atoms with Gasteiger partial charge in [0.15, 0.2) is 0 Å². The maximum Gasteiger partial charge on any atom is 0.241 e. The van der Waals surface area contributed by atoms with Gasteiger partial charge in [-0.05, 0) is 31.4 Å². The standard InChI is InChI=1S/C18H23N5O.2ClH/c1-13-5-7-14(8-6-13)16(19)17(24)22-15-4-2-11-23(12-15)18-20-9-3-10-21-18;;/h3,5-10,15-16H,2,4,11-12,19H2,1H3,(H,22,24);2*1H. The molecular formula is C18H25Cl2N5O. The fourth-order valence-corrected chi connectivity index (χ4v) is 2.95. The summed E-state index contributed by atoms with van der Waals surface area (Å²) in [5.41, 5.74) is 8.08. The predicted molar refractivity (Wildman–Crippen MR) is 108 cm³/mol. The SMILES string of the molecule is Cc1ccc(C(N)C(=O)NC2CCCN(c3ncccn3)C2)cc1.Cl.Cl. The third-order valence-corrected chi connectivity index (χ3v) is 4.32. The molecule has 0 saturated carbocycles. The Balaban J connectivity index is 0.00000169. The number of benzene rings is 1. The number of carbonyl (C=O) groups excluding carboxylic acids is 1. The van der Waals surface area contributed by atoms with Gasteiger partial charge >= 0.3 is 0 Å². The van der Waals surface area contributed by atoms with E-state index in [4.69, 9.17) is 5.73 Å². The summed E-state index contributed by atoms with van der Waals surface area (Å²) in [5, 5.41) is 3.07. The van der Waals surface area contributed by atoms with Crippen LogP contribution in [-0.4, -0.2) is 35.0 Å². The van der Waals surface area contributed by atoms with Crippen molar-refractivity contribution in [3.63, 3.8) is 0 Å². The average molecular weight is 398 g/mol. The monoisotopic (exact) mass is 397 g/mol. The van der Waals surface area contributed by atoms with Crippen molar-refractivity contribution in [1.82, 2.24) is 15.3 Å². The second kappa shape index (κ2) is 10.3. The molecule has 3 rings (SSSR count). The largest absolute Gasteiger partial charge is 0.350 e. The number of aryl methyl sites for hydroxylation is 1. The molecule has 142 valence electrons. The normalized spacial score (nSPS) is 17.5. The number of piperidine rings is 1. The Morgan fingerprint density at radius 3 is 2.54 bits per heavy atom. The summed E-state index contributed by atoms with van der Waals surface area (Å²) in [5.74, 6) is 0.568. The molecule has 8 heteroatoms. The van der Waals surface area contributed by atoms with Crippen LogP contribution in [0.15, 0.2) is 42.7 Å². The van der Waals surface area contributed by atoms with E-state index >= 15 is 0 Å². The lowest BCUT2D eigenvalue weighted by Gasteiger charge is -2.33. The van der Waals surface area contributed by atoms with Crippen molar-refractivity contribution in [2.45, 2.75) is 31.8 Å². The fraction of sp³-hybridized carbons (Fsp3) is 0.389. The molecule has 2 heterocycles. The van der Waals surface area contributed by atoms with E-state index < -0.39 is 6.04 Å². The molecule has 1 aliphatic heterocycles. The summed E-state index contributed by atoms with van der Waals surface area (Å²) in [6.07, 6.45) is 5.40. The Bertz CT molecular complexity index is 684. The smallest absolute Gasteiger partial charge is 0.241 e. The van der Waals surface area contributed by atoms with Crippen LogP contribution in [0, 0.1) is 6.92 Å². The molecule has 0 bridgehead atoms. The maximum absolute atomic E-state index is 12.5. The number of halogens is 2. The maximum atomic E-state index is 12.5. The summed E-state index contributed by atoms with van der Waals surface area (Å²) < 4.78 is 0. The predicted octanol–water partition coefficient (Wildman–Crippen LogP) is 2.41. The van der Waals surface area contributed by atoms with Gasteiger partial charge in [-0.3, -0.25) is 4.79 Å². The highest BCUT2D eigenvalue weighted by atomic mass is 35.5. The number of amides is 1. The molecule has 1 aliphatic rings. The van der Waals surface area contributed by atoms with Gasteiger partial charge in [0, 0.05) is 31.5 Å². The number of carbonyl (C=O) groups is 1. The number of nitrogens with two attached hydrogens (primary N) is 1. The molecule has 1 aromatic heterocycles. The summed E-state index contributed by atoms with van der Waals surface area (Å²) in [7, 11) is 0. The van der Waals surface area contributed by atoms with Gasteiger partial charge in [0.2, 0.25) is 11.9 Å². The van der Waals surface area contributed by atoms with Gasteiger partial charge in [-0.25, -0.2) is 9.97 Å². The van der Waals surface area contributed by atoms with Gasteiger partial charge in [0.05, 0.1) is 0 Å². The lowest BCUT2D eigenvalue weighted by atomic mass is 10.0. The topological polar surface area (TPSA) is 84.1 Å². The fourth-order valence-electron chi connectivity index (χ4n) is 2.95. The molecule has 1 fully saturated rings. The third-order valence-electron chi connectivity index (χ3n) is 4.32. The molecule has 1 saturated heterocycles. The van der Waals surface area contributed by atoms with Crippen LogP contribution in [0.3, 0.4) is 0 Å². The van der Waals surface area contributed by atoms with E-state index in [9.17, 15) is 4.79 Å². The third kappa shape index (κ3) is 5.56. The molecular weight excluding hydrogens is 373 g/mol. The van der Waals surface area contributed by atoms with E-state index in [1.54, 1.807) is 18.5 Å². The van der Waals surface area contributed by atoms with Crippen LogP contribution >= 0.6 is 24.8 Å². The summed E-state index contributed by atoms with van der Waals surface area (Å²) >= 11 is 0. The first kappa shape index (κ1) is 22.2. The molecule has 26 heavy (non-hydrogen) atoms. The number of rotatable bonds is 4. The van der Waals surface area contributed by atoms with Crippen LogP contribution in [0.4, 0.5) is 5.95 Å². The van der Waals surface area contributed by atoms with Crippen molar-refractivity contribution in [2.75, 3.05) is 18.0 Å². The van der Waals surface area contributed by atoms with Crippen molar-refractivity contribution in [2.24, 2.45) is 5.73 Å². The van der Waals surface area contributed by atoms with Crippen LogP contribution in [-0.2, 0) is 4.79 Å². The quantitative estimate of drug-likeness (QED) is 0.827. The minimum absolute atomic E-state index is 0. The second-order valence-corrected chi connectivity index (χ2v) is 6.23. The number of nitrogens with one attached hydrogen (secondary N) is 1. The van der Waals surface area contributed by atoms with Crippen LogP contribution in [0.5, 0.6) is 0 Å². The van der Waals surface area contributed by atoms with E-state index in [1.807, 2.05) is 31.2 Å². The molecule has 1 aromatic carbocycles. The minimum atomic E-state index is -0.644. The summed E-state index contributed by atoms with van der Waals surface area (Å²) in [6.45, 7) is 3.62. The zero-order valence-corrected chi connectivity index (χ0v) is 16.3. The first-order valence-electron chi connectivity index (χ1n) is 8.28. The molecule has 0 radical (unpaired) electrons. The van der Waals surface area contributed by atoms with Crippen molar-refractivity contribution in [1.29, 1.82) is 0 Å². The number of hydrogen-bond donors (Lipinski definition) is 2. The average Bonchev–Trinajstić information content (AvgIpc) is 2.63. The van der Waals surface area contributed by atoms with E-state index in [1.165, 1.54) is 0 Å². The van der Waals surface area contributed by atoms with Gasteiger partial charge < -0.3 is 16.0 Å². The van der Waals surface area contributed by atoms with E-state index in [-0.39, 0.29) is 36.8 Å². The van der Waals surface area contributed by atoms with E-state index in [0.717, 1.165) is 30.5 Å². The highest BCUT2D eigenvalue weighted by Crippen LogP contribution is 2.17. The van der Waals surface area contributed by atoms with Crippen molar-refractivity contribution in [3.05, 3.63) is 53.9 Å². The van der Waals surface area contributed by atoms with Crippen LogP contribution in [0.2, 0.25) is 0 Å². The molecule has 3 N–H and O–H groups in total.